The lowest BCUT2D eigenvalue weighted by molar-refractivity contribution is 0.0901. The van der Waals surface area contributed by atoms with E-state index in [-0.39, 0.29) is 11.9 Å². The fourth-order valence-corrected chi connectivity index (χ4v) is 4.65. The van der Waals surface area contributed by atoms with Crippen LogP contribution < -0.4 is 15.4 Å². The van der Waals surface area contributed by atoms with Crippen molar-refractivity contribution < 1.29 is 13.9 Å². The zero-order valence-corrected chi connectivity index (χ0v) is 16.9. The summed E-state index contributed by atoms with van der Waals surface area (Å²) in [5.74, 6) is 0.938. The van der Waals surface area contributed by atoms with Gasteiger partial charge < -0.3 is 19.8 Å². The average Bonchev–Trinajstić information content (AvgIpc) is 3.19. The zero-order valence-electron chi connectivity index (χ0n) is 16.9. The number of furan rings is 1. The first kappa shape index (κ1) is 19.3. The number of methoxy groups -OCH3 is 1. The van der Waals surface area contributed by atoms with Crippen molar-refractivity contribution >= 4 is 16.9 Å². The van der Waals surface area contributed by atoms with Gasteiger partial charge in [-0.05, 0) is 43.4 Å². The molecule has 2 N–H and O–H groups in total. The van der Waals surface area contributed by atoms with Gasteiger partial charge in [-0.15, -0.1) is 0 Å². The molecule has 5 heteroatoms. The van der Waals surface area contributed by atoms with Gasteiger partial charge in [0, 0.05) is 24.0 Å². The van der Waals surface area contributed by atoms with Gasteiger partial charge in [0.1, 0.15) is 0 Å². The quantitative estimate of drug-likeness (QED) is 0.741. The molecule has 0 bridgehead atoms. The third-order valence-electron chi connectivity index (χ3n) is 6.31. The summed E-state index contributed by atoms with van der Waals surface area (Å²) >= 11 is 0. The van der Waals surface area contributed by atoms with Gasteiger partial charge in [-0.1, -0.05) is 44.6 Å². The number of fused-ring (bicyclic) bond motifs is 1. The van der Waals surface area contributed by atoms with E-state index in [0.717, 1.165) is 30.3 Å². The van der Waals surface area contributed by atoms with Crippen LogP contribution in [0, 0.1) is 0 Å². The first-order valence-corrected chi connectivity index (χ1v) is 10.9. The van der Waals surface area contributed by atoms with Gasteiger partial charge in [0.25, 0.3) is 5.91 Å². The topological polar surface area (TPSA) is 63.5 Å². The molecule has 2 fully saturated rings. The second-order valence-corrected chi connectivity index (χ2v) is 8.30. The van der Waals surface area contributed by atoms with E-state index in [1.165, 1.54) is 51.4 Å². The van der Waals surface area contributed by atoms with Gasteiger partial charge in [0.15, 0.2) is 17.1 Å². The molecule has 1 amide bonds. The summed E-state index contributed by atoms with van der Waals surface area (Å²) in [6.45, 7) is 0.786. The molecule has 5 nitrogen and oxygen atoms in total. The maximum Gasteiger partial charge on any atom is 0.287 e. The normalized spacial score (nSPS) is 19.0. The number of nitrogens with one attached hydrogen (secondary N) is 2. The van der Waals surface area contributed by atoms with E-state index in [1.807, 2.05) is 12.1 Å². The van der Waals surface area contributed by atoms with Crippen molar-refractivity contribution in [3.63, 3.8) is 0 Å². The van der Waals surface area contributed by atoms with Crippen molar-refractivity contribution in [3.8, 4) is 5.75 Å². The lowest BCUT2D eigenvalue weighted by Gasteiger charge is -2.23. The molecule has 28 heavy (non-hydrogen) atoms. The molecule has 0 spiro atoms. The molecule has 1 aromatic heterocycles. The van der Waals surface area contributed by atoms with Gasteiger partial charge in [-0.25, -0.2) is 0 Å². The first-order valence-electron chi connectivity index (χ1n) is 10.9. The minimum atomic E-state index is -0.114. The van der Waals surface area contributed by atoms with Crippen molar-refractivity contribution in [3.05, 3.63) is 29.5 Å². The first-order chi connectivity index (χ1) is 13.7. The predicted molar refractivity (Wildman–Crippen MR) is 111 cm³/mol. The van der Waals surface area contributed by atoms with Crippen LogP contribution in [-0.2, 0) is 6.54 Å². The lowest BCUT2D eigenvalue weighted by Crippen LogP contribution is -2.35. The Morgan fingerprint density at radius 1 is 1.04 bits per heavy atom. The van der Waals surface area contributed by atoms with Gasteiger partial charge in [0.2, 0.25) is 0 Å². The van der Waals surface area contributed by atoms with Crippen LogP contribution in [0.4, 0.5) is 0 Å². The average molecular weight is 385 g/mol. The van der Waals surface area contributed by atoms with Crippen LogP contribution in [0.25, 0.3) is 11.0 Å². The van der Waals surface area contributed by atoms with Gasteiger partial charge in [0.05, 0.1) is 7.11 Å². The molecule has 152 valence electrons. The summed E-state index contributed by atoms with van der Waals surface area (Å²) in [6, 6.07) is 6.76. The minimum Gasteiger partial charge on any atom is -0.493 e. The van der Waals surface area contributed by atoms with Crippen molar-refractivity contribution in [1.82, 2.24) is 10.6 Å². The Morgan fingerprint density at radius 2 is 1.71 bits per heavy atom. The Kier molecular flexibility index (Phi) is 6.20. The molecule has 0 unspecified atom stereocenters. The Labute approximate surface area is 167 Å². The Bertz CT molecular complexity index is 802. The molecule has 2 aliphatic carbocycles. The third-order valence-corrected chi connectivity index (χ3v) is 6.31. The van der Waals surface area contributed by atoms with E-state index in [1.54, 1.807) is 7.11 Å². The number of ether oxygens (including phenoxy) is 1. The van der Waals surface area contributed by atoms with Crippen molar-refractivity contribution in [2.45, 2.75) is 82.8 Å². The fourth-order valence-electron chi connectivity index (χ4n) is 4.65. The molecular formula is C23H32N2O3. The van der Waals surface area contributed by atoms with Gasteiger partial charge in [-0.2, -0.15) is 0 Å². The molecule has 2 aromatic rings. The second-order valence-electron chi connectivity index (χ2n) is 8.30. The summed E-state index contributed by atoms with van der Waals surface area (Å²) in [7, 11) is 1.64. The van der Waals surface area contributed by atoms with E-state index < -0.39 is 0 Å². The van der Waals surface area contributed by atoms with Crippen molar-refractivity contribution in [2.24, 2.45) is 0 Å². The molecule has 2 aliphatic rings. The van der Waals surface area contributed by atoms with Crippen LogP contribution in [0.15, 0.2) is 22.6 Å². The molecule has 0 radical (unpaired) electrons. The minimum absolute atomic E-state index is 0.114. The second kappa shape index (κ2) is 8.99. The highest BCUT2D eigenvalue weighted by Gasteiger charge is 2.22. The van der Waals surface area contributed by atoms with Crippen LogP contribution in [0.1, 0.15) is 80.3 Å². The SMILES string of the molecule is COc1ccc(CNC2CCCCC2)c2cc(C(=O)NC3CCCCC3)oc12. The third kappa shape index (κ3) is 4.35. The van der Waals surface area contributed by atoms with Crippen LogP contribution in [0.3, 0.4) is 0 Å². The number of carbonyl (C=O) groups is 1. The smallest absolute Gasteiger partial charge is 0.287 e. The highest BCUT2D eigenvalue weighted by molar-refractivity contribution is 5.98. The van der Waals surface area contributed by atoms with Crippen LogP contribution in [-0.4, -0.2) is 25.1 Å². The van der Waals surface area contributed by atoms with E-state index in [4.69, 9.17) is 9.15 Å². The van der Waals surface area contributed by atoms with Crippen molar-refractivity contribution in [2.75, 3.05) is 7.11 Å². The Morgan fingerprint density at radius 3 is 2.39 bits per heavy atom. The highest BCUT2D eigenvalue weighted by atomic mass is 16.5. The van der Waals surface area contributed by atoms with E-state index in [2.05, 4.69) is 16.7 Å². The molecular weight excluding hydrogens is 352 g/mol. The van der Waals surface area contributed by atoms with Crippen molar-refractivity contribution in [1.29, 1.82) is 0 Å². The van der Waals surface area contributed by atoms with Crippen LogP contribution in [0.2, 0.25) is 0 Å². The molecule has 0 aliphatic heterocycles. The fraction of sp³-hybridized carbons (Fsp3) is 0.609. The number of rotatable bonds is 6. The number of carbonyl (C=O) groups excluding carboxylic acids is 1. The van der Waals surface area contributed by atoms with E-state index in [0.29, 0.717) is 23.1 Å². The van der Waals surface area contributed by atoms with Gasteiger partial charge >= 0.3 is 0 Å². The van der Waals surface area contributed by atoms with Crippen LogP contribution >= 0.6 is 0 Å². The number of hydrogen-bond donors (Lipinski definition) is 2. The number of hydrogen-bond acceptors (Lipinski definition) is 4. The lowest BCUT2D eigenvalue weighted by atomic mass is 9.95. The zero-order chi connectivity index (χ0) is 19.3. The molecule has 2 saturated carbocycles. The van der Waals surface area contributed by atoms with E-state index in [9.17, 15) is 4.79 Å². The molecule has 0 saturated heterocycles. The molecule has 1 heterocycles. The maximum atomic E-state index is 12.7. The monoisotopic (exact) mass is 384 g/mol. The summed E-state index contributed by atoms with van der Waals surface area (Å²) < 4.78 is 11.4. The highest BCUT2D eigenvalue weighted by Crippen LogP contribution is 2.32. The summed E-state index contributed by atoms with van der Waals surface area (Å²) in [4.78, 5) is 12.7. The predicted octanol–water partition coefficient (Wildman–Crippen LogP) is 4.93. The van der Waals surface area contributed by atoms with Crippen LogP contribution in [0.5, 0.6) is 5.75 Å². The molecule has 1 aromatic carbocycles. The standard InChI is InChI=1S/C23H32N2O3/c1-27-20-13-12-16(15-24-17-8-4-2-5-9-17)19-14-21(28-22(19)20)23(26)25-18-10-6-3-7-11-18/h12-14,17-18,24H,2-11,15H2,1H3,(H,25,26). The largest absolute Gasteiger partial charge is 0.493 e. The number of amides is 1. The number of benzene rings is 1. The molecule has 0 atom stereocenters. The Balaban J connectivity index is 1.52. The Hall–Kier alpha value is -2.01. The summed E-state index contributed by atoms with van der Waals surface area (Å²) in [5.41, 5.74) is 1.82. The van der Waals surface area contributed by atoms with Gasteiger partial charge in [-0.3, -0.25) is 4.79 Å². The summed E-state index contributed by atoms with van der Waals surface area (Å²) in [6.07, 6.45) is 12.3. The maximum absolute atomic E-state index is 12.7. The summed E-state index contributed by atoms with van der Waals surface area (Å²) in [5, 5.41) is 7.81. The van der Waals surface area contributed by atoms with E-state index >= 15 is 0 Å². The molecule has 4 rings (SSSR count).